The lowest BCUT2D eigenvalue weighted by atomic mass is 10.0. The number of rotatable bonds is 13. The number of hydrogen-bond acceptors (Lipinski definition) is 6. The molecule has 0 aliphatic carbocycles. The quantitative estimate of drug-likeness (QED) is 0.0567. The Bertz CT molecular complexity index is 1670. The van der Waals surface area contributed by atoms with Crippen molar-refractivity contribution in [3.05, 3.63) is 161 Å². The molecule has 0 amide bonds. The molecule has 0 bridgehead atoms. The van der Waals surface area contributed by atoms with Crippen molar-refractivity contribution in [2.75, 3.05) is 5.75 Å². The normalized spacial score (nSPS) is 11.2. The van der Waals surface area contributed by atoms with Crippen molar-refractivity contribution in [2.24, 2.45) is 5.16 Å². The van der Waals surface area contributed by atoms with Crippen molar-refractivity contribution in [3.8, 4) is 0 Å². The molecule has 0 aliphatic rings. The Balaban J connectivity index is 1.23. The molecule has 0 saturated carbocycles. The smallest absolute Gasteiger partial charge is 0.210 e. The minimum Gasteiger partial charge on any atom is -0.391 e. The maximum atomic E-state index is 13.5. The van der Waals surface area contributed by atoms with Crippen LogP contribution in [0.4, 0.5) is 0 Å². The summed E-state index contributed by atoms with van der Waals surface area (Å²) < 4.78 is 0. The molecule has 0 N–H and O–H groups in total. The first-order valence-electron chi connectivity index (χ1n) is 13.7. The Kier molecular flexibility index (Phi) is 10.9. The number of nitrogens with zero attached hydrogens (tertiary/aromatic N) is 1. The number of hydrogen-bond donors (Lipinski definition) is 0. The summed E-state index contributed by atoms with van der Waals surface area (Å²) in [4.78, 5) is 34.8. The zero-order chi connectivity index (χ0) is 29.9. The molecule has 7 heteroatoms. The van der Waals surface area contributed by atoms with Gasteiger partial charge in [-0.05, 0) is 78.4 Å². The molecule has 43 heavy (non-hydrogen) atoms. The highest BCUT2D eigenvalue weighted by atomic mass is 35.5. The number of ketones is 2. The van der Waals surface area contributed by atoms with Gasteiger partial charge in [-0.15, -0.1) is 11.8 Å². The molecule has 0 aromatic heterocycles. The number of oxime groups is 1. The van der Waals surface area contributed by atoms with Gasteiger partial charge in [0.05, 0.1) is 0 Å². The molecule has 0 atom stereocenters. The fourth-order valence-corrected chi connectivity index (χ4v) is 5.97. The van der Waals surface area contributed by atoms with Gasteiger partial charge in [0.25, 0.3) is 0 Å². The predicted molar refractivity (Wildman–Crippen MR) is 177 cm³/mol. The Hall–Kier alpha value is -4.10. The Morgan fingerprint density at radius 3 is 1.79 bits per heavy atom. The molecule has 0 heterocycles. The first kappa shape index (κ1) is 30.4. The molecular weight excluding hydrogens is 594 g/mol. The highest BCUT2D eigenvalue weighted by Crippen LogP contribution is 2.29. The number of Topliss-reactive ketones (excluding diaryl/α,β-unsaturated/α-hetero) is 1. The lowest BCUT2D eigenvalue weighted by molar-refractivity contribution is 0.102. The van der Waals surface area contributed by atoms with Gasteiger partial charge in [-0.2, -0.15) is 0 Å². The zero-order valence-corrected chi connectivity index (χ0v) is 25.6. The molecule has 0 spiro atoms. The van der Waals surface area contributed by atoms with Gasteiger partial charge in [0.1, 0.15) is 12.3 Å². The van der Waals surface area contributed by atoms with E-state index in [1.807, 2.05) is 133 Å². The number of halogens is 1. The van der Waals surface area contributed by atoms with Crippen molar-refractivity contribution in [3.63, 3.8) is 0 Å². The van der Waals surface area contributed by atoms with Crippen molar-refractivity contribution in [2.45, 2.75) is 27.7 Å². The van der Waals surface area contributed by atoms with Gasteiger partial charge in [-0.3, -0.25) is 9.59 Å². The first-order chi connectivity index (χ1) is 21.0. The molecule has 5 aromatic rings. The molecule has 5 aromatic carbocycles. The van der Waals surface area contributed by atoms with Crippen LogP contribution in [0.1, 0.15) is 38.3 Å². The summed E-state index contributed by atoms with van der Waals surface area (Å²) in [6.07, 6.45) is 0.450. The molecule has 0 fully saturated rings. The average molecular weight is 622 g/mol. The number of carbonyl (C=O) groups is 2. The van der Waals surface area contributed by atoms with Crippen LogP contribution in [0.2, 0.25) is 5.02 Å². The maximum Gasteiger partial charge on any atom is 0.210 e. The maximum absolute atomic E-state index is 13.5. The van der Waals surface area contributed by atoms with Gasteiger partial charge >= 0.3 is 0 Å². The van der Waals surface area contributed by atoms with E-state index in [2.05, 4.69) is 5.16 Å². The summed E-state index contributed by atoms with van der Waals surface area (Å²) in [5.41, 5.74) is 3.21. The monoisotopic (exact) mass is 621 g/mol. The fourth-order valence-electron chi connectivity index (χ4n) is 4.16. The Labute approximate surface area is 265 Å². The van der Waals surface area contributed by atoms with Gasteiger partial charge in [-0.25, -0.2) is 0 Å². The second-order valence-electron chi connectivity index (χ2n) is 9.52. The molecule has 0 radical (unpaired) electrons. The zero-order valence-electron chi connectivity index (χ0n) is 23.2. The van der Waals surface area contributed by atoms with Crippen LogP contribution in [-0.2, 0) is 11.4 Å². The lowest BCUT2D eigenvalue weighted by Gasteiger charge is -2.08. The van der Waals surface area contributed by atoms with Crippen LogP contribution in [0.5, 0.6) is 0 Å². The molecular formula is C36H28ClNO3S2. The lowest BCUT2D eigenvalue weighted by Crippen LogP contribution is -2.16. The van der Waals surface area contributed by atoms with Crippen LogP contribution in [0.15, 0.2) is 153 Å². The topological polar surface area (TPSA) is 55.7 Å². The van der Waals surface area contributed by atoms with Gasteiger partial charge in [0.2, 0.25) is 5.78 Å². The van der Waals surface area contributed by atoms with Crippen LogP contribution in [-0.4, -0.2) is 23.0 Å². The van der Waals surface area contributed by atoms with E-state index in [4.69, 9.17) is 16.4 Å². The van der Waals surface area contributed by atoms with Gasteiger partial charge in [0.15, 0.2) is 5.78 Å². The summed E-state index contributed by atoms with van der Waals surface area (Å²) in [7, 11) is 0. The second kappa shape index (κ2) is 15.4. The van der Waals surface area contributed by atoms with E-state index in [9.17, 15) is 9.59 Å². The summed E-state index contributed by atoms with van der Waals surface area (Å²) in [6, 6.07) is 41.7. The minimum atomic E-state index is -0.162. The molecule has 214 valence electrons. The molecule has 4 nitrogen and oxygen atoms in total. The van der Waals surface area contributed by atoms with E-state index in [1.165, 1.54) is 0 Å². The predicted octanol–water partition coefficient (Wildman–Crippen LogP) is 9.66. The summed E-state index contributed by atoms with van der Waals surface area (Å²) in [5.74, 6) is 0.499. The van der Waals surface area contributed by atoms with Gasteiger partial charge < -0.3 is 4.84 Å². The third-order valence-electron chi connectivity index (χ3n) is 6.44. The van der Waals surface area contributed by atoms with E-state index in [0.29, 0.717) is 39.6 Å². The Morgan fingerprint density at radius 1 is 0.628 bits per heavy atom. The summed E-state index contributed by atoms with van der Waals surface area (Å²) in [5, 5.41) is 4.96. The van der Waals surface area contributed by atoms with Crippen molar-refractivity contribution in [1.82, 2.24) is 0 Å². The van der Waals surface area contributed by atoms with Crippen LogP contribution in [0.3, 0.4) is 0 Å². The molecule has 0 unspecified atom stereocenters. The van der Waals surface area contributed by atoms with Crippen molar-refractivity contribution in [1.29, 1.82) is 0 Å². The number of carbonyl (C=O) groups excluding carboxylic acids is 2. The third-order valence-corrected chi connectivity index (χ3v) is 8.72. The standard InChI is InChI=1S/C36H28ClNO3S2/c37-30-15-21-31(22-16-30)42-24-23-34(38-41-25-26-7-3-1-4-8-26)36(40)29-13-19-33(20-14-29)43-32-17-11-28(12-18-32)35(39)27-9-5-2-6-10-27/h1-22H,23-25H2/b38-34+. The van der Waals surface area contributed by atoms with Crippen LogP contribution in [0.25, 0.3) is 0 Å². The number of thioether (sulfide) groups is 1. The van der Waals surface area contributed by atoms with E-state index in [1.54, 1.807) is 23.5 Å². The first-order valence-corrected chi connectivity index (χ1v) is 15.9. The van der Waals surface area contributed by atoms with Gasteiger partial charge in [-0.1, -0.05) is 89.2 Å². The summed E-state index contributed by atoms with van der Waals surface area (Å²) in [6.45, 7) is 0.285. The van der Waals surface area contributed by atoms with E-state index < -0.39 is 0 Å². The van der Waals surface area contributed by atoms with E-state index in [-0.39, 0.29) is 18.2 Å². The SMILES string of the molecule is O=C(/C(CCSc1ccc(Cl)cc1)=N/OCc1ccccc1)c1ccc(Sc2ccc(C(=O)c3ccccc3)cc2)cc1. The second-order valence-corrected chi connectivity index (χ2v) is 12.3. The minimum absolute atomic E-state index is 0.00297. The third kappa shape index (κ3) is 8.94. The van der Waals surface area contributed by atoms with Gasteiger partial charge in [0, 0.05) is 48.6 Å². The highest BCUT2D eigenvalue weighted by Gasteiger charge is 2.16. The number of benzene rings is 5. The van der Waals surface area contributed by atoms with Crippen LogP contribution >= 0.6 is 35.1 Å². The van der Waals surface area contributed by atoms with Crippen molar-refractivity contribution >= 4 is 52.4 Å². The highest BCUT2D eigenvalue weighted by molar-refractivity contribution is 7.99. The van der Waals surface area contributed by atoms with Crippen LogP contribution in [0, 0.1) is 0 Å². The van der Waals surface area contributed by atoms with Crippen molar-refractivity contribution < 1.29 is 14.4 Å². The largest absolute Gasteiger partial charge is 0.391 e. The molecule has 0 saturated heterocycles. The Morgan fingerprint density at radius 2 is 1.16 bits per heavy atom. The molecule has 5 rings (SSSR count). The fraction of sp³-hybridized carbons (Fsp3) is 0.0833. The summed E-state index contributed by atoms with van der Waals surface area (Å²) >= 11 is 9.20. The van der Waals surface area contributed by atoms with Crippen LogP contribution < -0.4 is 0 Å². The average Bonchev–Trinajstić information content (AvgIpc) is 3.06. The van der Waals surface area contributed by atoms with E-state index >= 15 is 0 Å². The molecule has 0 aliphatic heterocycles. The van der Waals surface area contributed by atoms with E-state index in [0.717, 1.165) is 20.2 Å².